The Morgan fingerprint density at radius 1 is 1.10 bits per heavy atom. The molecule has 0 radical (unpaired) electrons. The Kier molecular flexibility index (Phi) is 6.62. The Bertz CT molecular complexity index is 1040. The minimum atomic E-state index is -0.146. The molecule has 4 rings (SSSR count). The number of nitrogens with zero attached hydrogens (tertiary/aromatic N) is 2. The van der Waals surface area contributed by atoms with Crippen LogP contribution in [0.15, 0.2) is 72.9 Å². The molecule has 158 valence electrons. The van der Waals surface area contributed by atoms with Gasteiger partial charge in [0.1, 0.15) is 12.4 Å². The molecule has 1 N–H and O–H groups in total. The molecule has 0 spiro atoms. The number of hydrogen-bond acceptors (Lipinski definition) is 4. The first-order chi connectivity index (χ1) is 15.2. The Hall–Kier alpha value is -3.60. The van der Waals surface area contributed by atoms with E-state index in [0.29, 0.717) is 6.61 Å². The first kappa shape index (κ1) is 20.7. The molecule has 1 aliphatic heterocycles. The molecule has 0 unspecified atom stereocenters. The van der Waals surface area contributed by atoms with E-state index in [9.17, 15) is 4.79 Å². The lowest BCUT2D eigenvalue weighted by Crippen LogP contribution is -2.18. The van der Waals surface area contributed by atoms with E-state index < -0.39 is 0 Å². The van der Waals surface area contributed by atoms with Gasteiger partial charge in [-0.05, 0) is 79.4 Å². The summed E-state index contributed by atoms with van der Waals surface area (Å²) in [5, 5.41) is 2.97. The smallest absolute Gasteiger partial charge is 0.248 e. The van der Waals surface area contributed by atoms with E-state index in [2.05, 4.69) is 27.3 Å². The zero-order chi connectivity index (χ0) is 21.5. The maximum absolute atomic E-state index is 12.4. The maximum Gasteiger partial charge on any atom is 0.248 e. The van der Waals surface area contributed by atoms with Crippen LogP contribution in [0.3, 0.4) is 0 Å². The number of carbonyl (C=O) groups is 1. The fourth-order valence-corrected chi connectivity index (χ4v) is 3.62. The molecule has 1 aliphatic rings. The molecule has 1 fully saturated rings. The number of hydrogen-bond donors (Lipinski definition) is 1. The molecule has 5 heteroatoms. The molecule has 0 atom stereocenters. The largest absolute Gasteiger partial charge is 0.487 e. The topological polar surface area (TPSA) is 54.5 Å². The van der Waals surface area contributed by atoms with Crippen LogP contribution in [0.25, 0.3) is 6.08 Å². The predicted molar refractivity (Wildman–Crippen MR) is 125 cm³/mol. The highest BCUT2D eigenvalue weighted by Crippen LogP contribution is 2.25. The zero-order valence-corrected chi connectivity index (χ0v) is 17.8. The highest BCUT2D eigenvalue weighted by Gasteiger charge is 2.13. The van der Waals surface area contributed by atoms with E-state index in [0.717, 1.165) is 41.3 Å². The molecule has 5 nitrogen and oxygen atoms in total. The molecule has 3 aromatic rings. The molecule has 1 saturated heterocycles. The van der Waals surface area contributed by atoms with Crippen molar-refractivity contribution in [1.29, 1.82) is 0 Å². The number of benzene rings is 2. The van der Waals surface area contributed by atoms with Gasteiger partial charge in [0.25, 0.3) is 0 Å². The minimum absolute atomic E-state index is 0.146. The van der Waals surface area contributed by atoms with Crippen molar-refractivity contribution in [2.24, 2.45) is 0 Å². The molecule has 0 aliphatic carbocycles. The van der Waals surface area contributed by atoms with Gasteiger partial charge in [0.2, 0.25) is 5.91 Å². The van der Waals surface area contributed by atoms with Crippen LogP contribution in [-0.4, -0.2) is 24.0 Å². The number of carbonyl (C=O) groups excluding carboxylic acids is 1. The van der Waals surface area contributed by atoms with Crippen molar-refractivity contribution in [3.63, 3.8) is 0 Å². The van der Waals surface area contributed by atoms with Gasteiger partial charge >= 0.3 is 0 Å². The van der Waals surface area contributed by atoms with Crippen LogP contribution in [0.4, 0.5) is 11.4 Å². The van der Waals surface area contributed by atoms with Crippen LogP contribution in [0, 0.1) is 6.92 Å². The lowest BCUT2D eigenvalue weighted by molar-refractivity contribution is -0.111. The summed E-state index contributed by atoms with van der Waals surface area (Å²) in [5.41, 5.74) is 4.96. The van der Waals surface area contributed by atoms with Crippen LogP contribution in [0.2, 0.25) is 0 Å². The number of aryl methyl sites for hydroxylation is 1. The molecule has 31 heavy (non-hydrogen) atoms. The number of anilines is 2. The summed E-state index contributed by atoms with van der Waals surface area (Å²) >= 11 is 0. The molecular formula is C26H27N3O2. The van der Waals surface area contributed by atoms with Gasteiger partial charge in [-0.1, -0.05) is 18.2 Å². The summed E-state index contributed by atoms with van der Waals surface area (Å²) in [6.07, 6.45) is 7.60. The second kappa shape index (κ2) is 9.94. The van der Waals surface area contributed by atoms with Crippen LogP contribution in [0.1, 0.15) is 29.7 Å². The Labute approximate surface area is 183 Å². The number of rotatable bonds is 7. The van der Waals surface area contributed by atoms with Crippen molar-refractivity contribution in [2.45, 2.75) is 26.4 Å². The van der Waals surface area contributed by atoms with Gasteiger partial charge in [0, 0.05) is 36.7 Å². The van der Waals surface area contributed by atoms with Crippen molar-refractivity contribution < 1.29 is 9.53 Å². The van der Waals surface area contributed by atoms with Crippen molar-refractivity contribution in [2.75, 3.05) is 23.3 Å². The first-order valence-corrected chi connectivity index (χ1v) is 10.6. The van der Waals surface area contributed by atoms with E-state index in [1.165, 1.54) is 18.5 Å². The normalized spacial score (nSPS) is 13.5. The number of pyridine rings is 1. The molecular weight excluding hydrogens is 386 g/mol. The molecule has 2 heterocycles. The summed E-state index contributed by atoms with van der Waals surface area (Å²) in [4.78, 5) is 19.0. The van der Waals surface area contributed by atoms with E-state index >= 15 is 0 Å². The van der Waals surface area contributed by atoms with Crippen LogP contribution >= 0.6 is 0 Å². The second-order valence-corrected chi connectivity index (χ2v) is 7.69. The van der Waals surface area contributed by atoms with Gasteiger partial charge in [0.15, 0.2) is 0 Å². The van der Waals surface area contributed by atoms with Crippen LogP contribution < -0.4 is 15.0 Å². The van der Waals surface area contributed by atoms with Crippen molar-refractivity contribution >= 4 is 23.4 Å². The summed E-state index contributed by atoms with van der Waals surface area (Å²) in [6, 6.07) is 19.6. The van der Waals surface area contributed by atoms with Gasteiger partial charge in [-0.2, -0.15) is 0 Å². The van der Waals surface area contributed by atoms with Crippen molar-refractivity contribution in [3.05, 3.63) is 89.8 Å². The third kappa shape index (κ3) is 5.72. The summed E-state index contributed by atoms with van der Waals surface area (Å²) in [6.45, 7) is 4.68. The highest BCUT2D eigenvalue weighted by molar-refractivity contribution is 6.02. The van der Waals surface area contributed by atoms with Crippen LogP contribution in [0.5, 0.6) is 5.75 Å². The minimum Gasteiger partial charge on any atom is -0.487 e. The van der Waals surface area contributed by atoms with Gasteiger partial charge < -0.3 is 15.0 Å². The zero-order valence-electron chi connectivity index (χ0n) is 17.8. The Balaban J connectivity index is 1.30. The first-order valence-electron chi connectivity index (χ1n) is 10.6. The molecule has 1 amide bonds. The van der Waals surface area contributed by atoms with E-state index in [1.807, 2.05) is 55.5 Å². The van der Waals surface area contributed by atoms with Gasteiger partial charge in [0.05, 0.1) is 5.69 Å². The highest BCUT2D eigenvalue weighted by atomic mass is 16.5. The summed E-state index contributed by atoms with van der Waals surface area (Å²) in [7, 11) is 0. The number of ether oxygens (including phenoxy) is 1. The quantitative estimate of drug-likeness (QED) is 0.540. The Morgan fingerprint density at radius 3 is 2.61 bits per heavy atom. The maximum atomic E-state index is 12.4. The average Bonchev–Trinajstić information content (AvgIpc) is 3.34. The molecule has 1 aromatic heterocycles. The summed E-state index contributed by atoms with van der Waals surface area (Å²) in [5.74, 6) is 0.619. The van der Waals surface area contributed by atoms with Crippen molar-refractivity contribution in [3.8, 4) is 5.75 Å². The fourth-order valence-electron chi connectivity index (χ4n) is 3.62. The number of amides is 1. The molecule has 0 bridgehead atoms. The molecule has 2 aromatic carbocycles. The summed E-state index contributed by atoms with van der Waals surface area (Å²) < 4.78 is 5.74. The lowest BCUT2D eigenvalue weighted by Gasteiger charge is -2.19. The SMILES string of the molecule is Cc1cc(N2CCCC2)ccc1NC(=O)/C=C/c1ccc(OCc2ccccn2)cc1. The van der Waals surface area contributed by atoms with E-state index in [1.54, 1.807) is 18.3 Å². The predicted octanol–water partition coefficient (Wildman–Crippen LogP) is 5.22. The fraction of sp³-hybridized carbons (Fsp3) is 0.231. The van der Waals surface area contributed by atoms with Gasteiger partial charge in [-0.3, -0.25) is 9.78 Å². The van der Waals surface area contributed by atoms with Gasteiger partial charge in [-0.25, -0.2) is 0 Å². The molecule has 0 saturated carbocycles. The third-order valence-corrected chi connectivity index (χ3v) is 5.36. The number of nitrogens with one attached hydrogen (secondary N) is 1. The lowest BCUT2D eigenvalue weighted by atomic mass is 10.1. The Morgan fingerprint density at radius 2 is 1.90 bits per heavy atom. The van der Waals surface area contributed by atoms with Crippen molar-refractivity contribution in [1.82, 2.24) is 4.98 Å². The van der Waals surface area contributed by atoms with E-state index in [4.69, 9.17) is 4.74 Å². The second-order valence-electron chi connectivity index (χ2n) is 7.69. The third-order valence-electron chi connectivity index (χ3n) is 5.36. The monoisotopic (exact) mass is 413 g/mol. The van der Waals surface area contributed by atoms with Gasteiger partial charge in [-0.15, -0.1) is 0 Å². The number of aromatic nitrogens is 1. The van der Waals surface area contributed by atoms with E-state index in [-0.39, 0.29) is 5.91 Å². The van der Waals surface area contributed by atoms with Crippen LogP contribution in [-0.2, 0) is 11.4 Å². The average molecular weight is 414 g/mol. The standard InChI is InChI=1S/C26H27N3O2/c1-20-18-23(29-16-4-5-17-29)10-13-25(20)28-26(30)14-9-21-7-11-24(12-8-21)31-19-22-6-2-3-15-27-22/h2-3,6-15,18H,4-5,16-17,19H2,1H3,(H,28,30)/b14-9+.